The molecule has 1 saturated carbocycles. The summed E-state index contributed by atoms with van der Waals surface area (Å²) < 4.78 is 16.5. The molecule has 1 atom stereocenters. The average Bonchev–Trinajstić information content (AvgIpc) is 3.40. The molecule has 26 heavy (non-hydrogen) atoms. The second kappa shape index (κ2) is 5.98. The summed E-state index contributed by atoms with van der Waals surface area (Å²) in [5.41, 5.74) is -0.904. The van der Waals surface area contributed by atoms with Crippen LogP contribution in [0.3, 0.4) is 0 Å². The Morgan fingerprint density at radius 2 is 2.12 bits per heavy atom. The van der Waals surface area contributed by atoms with Crippen molar-refractivity contribution < 1.29 is 19.4 Å². The van der Waals surface area contributed by atoms with Gasteiger partial charge in [0.15, 0.2) is 11.6 Å². The minimum absolute atomic E-state index is 0.0161. The fourth-order valence-electron chi connectivity index (χ4n) is 3.69. The summed E-state index contributed by atoms with van der Waals surface area (Å²) >= 11 is 0. The number of anilines is 1. The number of piperazine rings is 1. The zero-order valence-corrected chi connectivity index (χ0v) is 14.3. The first-order valence-electron chi connectivity index (χ1n) is 8.70. The lowest BCUT2D eigenvalue weighted by Gasteiger charge is -2.34. The lowest BCUT2D eigenvalue weighted by atomic mass is 10.1. The molecule has 2 heterocycles. The van der Waals surface area contributed by atoms with Crippen molar-refractivity contribution >= 4 is 22.6 Å². The van der Waals surface area contributed by atoms with E-state index in [2.05, 4.69) is 5.32 Å². The molecular formula is C18H20FN3O4. The number of halogens is 1. The van der Waals surface area contributed by atoms with Crippen LogP contribution in [0.5, 0.6) is 5.75 Å². The molecular weight excluding hydrogens is 341 g/mol. The Hall–Kier alpha value is -2.61. The Morgan fingerprint density at radius 1 is 1.38 bits per heavy atom. The molecule has 8 heteroatoms. The van der Waals surface area contributed by atoms with E-state index in [1.807, 2.05) is 6.92 Å². The van der Waals surface area contributed by atoms with Crippen molar-refractivity contribution in [3.8, 4) is 5.75 Å². The van der Waals surface area contributed by atoms with Gasteiger partial charge in [0.1, 0.15) is 11.3 Å². The molecule has 0 radical (unpaired) electrons. The van der Waals surface area contributed by atoms with Gasteiger partial charge in [0, 0.05) is 37.9 Å². The quantitative estimate of drug-likeness (QED) is 0.770. The van der Waals surface area contributed by atoms with E-state index >= 15 is 0 Å². The van der Waals surface area contributed by atoms with Gasteiger partial charge in [-0.2, -0.15) is 0 Å². The van der Waals surface area contributed by atoms with E-state index in [1.165, 1.54) is 6.20 Å². The third-order valence-electron chi connectivity index (χ3n) is 5.07. The van der Waals surface area contributed by atoms with Gasteiger partial charge in [0.25, 0.3) is 0 Å². The number of carboxylic acids is 1. The molecule has 1 aliphatic carbocycles. The number of phenols is 1. The second-order valence-corrected chi connectivity index (χ2v) is 7.07. The van der Waals surface area contributed by atoms with Crippen molar-refractivity contribution in [2.45, 2.75) is 31.8 Å². The summed E-state index contributed by atoms with van der Waals surface area (Å²) in [6.07, 6.45) is 2.92. The smallest absolute Gasteiger partial charge is 0.341 e. The van der Waals surface area contributed by atoms with E-state index in [-0.39, 0.29) is 34.4 Å². The van der Waals surface area contributed by atoms with E-state index in [0.717, 1.165) is 18.9 Å². The van der Waals surface area contributed by atoms with Crippen LogP contribution >= 0.6 is 0 Å². The molecule has 2 aromatic rings. The number of fused-ring (bicyclic) bond motifs is 1. The molecule has 4 rings (SSSR count). The van der Waals surface area contributed by atoms with Crippen LogP contribution in [0, 0.1) is 5.82 Å². The van der Waals surface area contributed by atoms with Gasteiger partial charge in [-0.15, -0.1) is 0 Å². The largest absolute Gasteiger partial charge is 0.504 e. The Morgan fingerprint density at radius 3 is 2.73 bits per heavy atom. The van der Waals surface area contributed by atoms with Gasteiger partial charge >= 0.3 is 5.97 Å². The number of rotatable bonds is 3. The summed E-state index contributed by atoms with van der Waals surface area (Å²) in [6, 6.07) is 1.21. The highest BCUT2D eigenvalue weighted by Gasteiger charge is 2.31. The number of aromatic nitrogens is 1. The summed E-state index contributed by atoms with van der Waals surface area (Å²) in [4.78, 5) is 25.7. The lowest BCUT2D eigenvalue weighted by molar-refractivity contribution is 0.0694. The molecule has 1 aliphatic heterocycles. The second-order valence-electron chi connectivity index (χ2n) is 7.07. The van der Waals surface area contributed by atoms with Crippen LogP contribution in [0.2, 0.25) is 0 Å². The molecule has 3 N–H and O–H groups in total. The number of hydrogen-bond acceptors (Lipinski definition) is 5. The molecule has 1 aromatic carbocycles. The highest BCUT2D eigenvalue weighted by Crippen LogP contribution is 2.43. The van der Waals surface area contributed by atoms with Gasteiger partial charge in [-0.3, -0.25) is 4.79 Å². The number of benzene rings is 1. The lowest BCUT2D eigenvalue weighted by Crippen LogP contribution is -2.49. The number of aromatic hydroxyl groups is 1. The van der Waals surface area contributed by atoms with Crippen LogP contribution in [-0.2, 0) is 0 Å². The van der Waals surface area contributed by atoms with Crippen molar-refractivity contribution in [3.05, 3.63) is 33.9 Å². The van der Waals surface area contributed by atoms with Gasteiger partial charge < -0.3 is 25.0 Å². The molecule has 138 valence electrons. The van der Waals surface area contributed by atoms with E-state index < -0.39 is 22.8 Å². The number of nitrogens with zero attached hydrogens (tertiary/aromatic N) is 2. The number of pyridine rings is 1. The van der Waals surface area contributed by atoms with E-state index in [4.69, 9.17) is 0 Å². The predicted molar refractivity (Wildman–Crippen MR) is 94.7 cm³/mol. The molecule has 0 spiro atoms. The number of carbonyl (C=O) groups is 1. The monoisotopic (exact) mass is 361 g/mol. The van der Waals surface area contributed by atoms with Crippen LogP contribution in [-0.4, -0.2) is 46.4 Å². The van der Waals surface area contributed by atoms with Crippen molar-refractivity contribution in [3.63, 3.8) is 0 Å². The van der Waals surface area contributed by atoms with Crippen LogP contribution < -0.4 is 15.6 Å². The van der Waals surface area contributed by atoms with Crippen LogP contribution in [0.4, 0.5) is 10.1 Å². The van der Waals surface area contributed by atoms with E-state index in [0.29, 0.717) is 19.6 Å². The minimum Gasteiger partial charge on any atom is -0.504 e. The highest BCUT2D eigenvalue weighted by molar-refractivity contribution is 5.96. The summed E-state index contributed by atoms with van der Waals surface area (Å²) in [6.45, 7) is 3.69. The van der Waals surface area contributed by atoms with Crippen molar-refractivity contribution in [1.82, 2.24) is 9.88 Å². The standard InChI is InChI=1S/C18H20FN3O4/c1-9-7-21(5-4-20-9)15-13(19)6-11-14(17(15)24)22(10-2-3-10)8-12(16(11)23)18(25)26/h6,8-10,20,24H,2-5,7H2,1H3,(H,25,26). The van der Waals surface area contributed by atoms with Crippen LogP contribution in [0.15, 0.2) is 17.1 Å². The maximum absolute atomic E-state index is 14.8. The molecule has 1 unspecified atom stereocenters. The van der Waals surface area contributed by atoms with Crippen molar-refractivity contribution in [1.29, 1.82) is 0 Å². The van der Waals surface area contributed by atoms with Gasteiger partial charge in [-0.1, -0.05) is 0 Å². The summed E-state index contributed by atoms with van der Waals surface area (Å²) in [5.74, 6) is -2.37. The normalized spacial score (nSPS) is 20.5. The van der Waals surface area contributed by atoms with Crippen LogP contribution in [0.25, 0.3) is 10.9 Å². The first kappa shape index (κ1) is 16.8. The topological polar surface area (TPSA) is 94.8 Å². The number of phenolic OH excluding ortho intramolecular Hbond substituents is 1. The van der Waals surface area contributed by atoms with Gasteiger partial charge in [0.05, 0.1) is 10.9 Å². The number of aromatic carboxylic acids is 1. The first-order chi connectivity index (χ1) is 12.4. The average molecular weight is 361 g/mol. The van der Waals surface area contributed by atoms with Crippen molar-refractivity contribution in [2.75, 3.05) is 24.5 Å². The molecule has 7 nitrogen and oxygen atoms in total. The molecule has 2 fully saturated rings. The third kappa shape index (κ3) is 2.61. The fourth-order valence-corrected chi connectivity index (χ4v) is 3.69. The first-order valence-corrected chi connectivity index (χ1v) is 8.70. The Balaban J connectivity index is 2.00. The molecule has 0 bridgehead atoms. The zero-order chi connectivity index (χ0) is 18.6. The summed E-state index contributed by atoms with van der Waals surface area (Å²) in [7, 11) is 0. The number of nitrogens with one attached hydrogen (secondary N) is 1. The highest BCUT2D eigenvalue weighted by atomic mass is 19.1. The van der Waals surface area contributed by atoms with Gasteiger partial charge in [-0.05, 0) is 25.8 Å². The SMILES string of the molecule is CC1CN(c2c(F)cc3c(=O)c(C(=O)O)cn(C4CC4)c3c2O)CCN1. The van der Waals surface area contributed by atoms with Crippen LogP contribution in [0.1, 0.15) is 36.2 Å². The minimum atomic E-state index is -1.36. The van der Waals surface area contributed by atoms with Gasteiger partial charge in [-0.25, -0.2) is 9.18 Å². The number of hydrogen-bond donors (Lipinski definition) is 3. The maximum Gasteiger partial charge on any atom is 0.341 e. The predicted octanol–water partition coefficient (Wildman–Crippen LogP) is 1.68. The zero-order valence-electron chi connectivity index (χ0n) is 14.3. The third-order valence-corrected chi connectivity index (χ3v) is 5.07. The maximum atomic E-state index is 14.8. The molecule has 0 amide bonds. The Bertz CT molecular complexity index is 967. The molecule has 1 saturated heterocycles. The number of carboxylic acid groups (broad SMARTS) is 1. The Kier molecular flexibility index (Phi) is 3.87. The van der Waals surface area contributed by atoms with E-state index in [9.17, 15) is 24.2 Å². The fraction of sp³-hybridized carbons (Fsp3) is 0.444. The molecule has 1 aromatic heterocycles. The Labute approximate surface area is 148 Å². The van der Waals surface area contributed by atoms with Crippen molar-refractivity contribution in [2.24, 2.45) is 0 Å². The summed E-state index contributed by atoms with van der Waals surface area (Å²) in [5, 5.41) is 23.3. The van der Waals surface area contributed by atoms with E-state index in [1.54, 1.807) is 9.47 Å². The van der Waals surface area contributed by atoms with Gasteiger partial charge in [0.2, 0.25) is 5.43 Å². The molecule has 2 aliphatic rings.